The zero-order valence-corrected chi connectivity index (χ0v) is 20.2. The van der Waals surface area contributed by atoms with Crippen LogP contribution in [0.15, 0.2) is 58.4 Å². The number of sulfonamides is 1. The molecule has 1 aliphatic rings. The Kier molecular flexibility index (Phi) is 8.51. The molecule has 2 aromatic rings. The van der Waals surface area contributed by atoms with Crippen molar-refractivity contribution in [3.05, 3.63) is 65.2 Å². The lowest BCUT2D eigenvalue weighted by Crippen LogP contribution is -2.33. The molecular weight excluding hydrogens is 485 g/mol. The molecule has 12 heteroatoms. The number of hydrogen-bond donors (Lipinski definition) is 1. The number of alkyl halides is 3. The van der Waals surface area contributed by atoms with Crippen molar-refractivity contribution in [3.8, 4) is 0 Å². The van der Waals surface area contributed by atoms with E-state index in [1.165, 1.54) is 11.9 Å². The average Bonchev–Trinajstić information content (AvgIpc) is 3.36. The highest BCUT2D eigenvalue weighted by Crippen LogP contribution is 2.31. The molecule has 0 aromatic heterocycles. The van der Waals surface area contributed by atoms with Gasteiger partial charge in [0.1, 0.15) is 12.4 Å². The molecule has 0 bridgehead atoms. The maximum absolute atomic E-state index is 12.9. The van der Waals surface area contributed by atoms with Crippen molar-refractivity contribution in [2.75, 3.05) is 46.9 Å². The van der Waals surface area contributed by atoms with E-state index in [0.717, 1.165) is 52.6 Å². The number of rotatable bonds is 10. The molecule has 3 rings (SSSR count). The van der Waals surface area contributed by atoms with Crippen molar-refractivity contribution < 1.29 is 31.1 Å². The summed E-state index contributed by atoms with van der Waals surface area (Å²) in [5.74, 6) is 0.564. The highest BCUT2D eigenvalue weighted by atomic mass is 32.2. The van der Waals surface area contributed by atoms with Crippen molar-refractivity contribution in [1.82, 2.24) is 14.5 Å². The molecule has 0 unspecified atom stereocenters. The van der Waals surface area contributed by atoms with Crippen LogP contribution in [-0.4, -0.2) is 76.3 Å². The first kappa shape index (κ1) is 26.6. The minimum Gasteiger partial charge on any atom is -0.370 e. The number of halogens is 3. The summed E-state index contributed by atoms with van der Waals surface area (Å²) in [5.41, 5.74) is 0.860. The van der Waals surface area contributed by atoms with Crippen LogP contribution in [0, 0.1) is 0 Å². The van der Waals surface area contributed by atoms with Crippen molar-refractivity contribution >= 4 is 21.8 Å². The predicted molar refractivity (Wildman–Crippen MR) is 124 cm³/mol. The maximum Gasteiger partial charge on any atom is 0.416 e. The zero-order chi connectivity index (χ0) is 25.6. The van der Waals surface area contributed by atoms with Gasteiger partial charge >= 0.3 is 6.18 Å². The molecule has 1 N–H and O–H groups in total. The number of ether oxygens (including phenoxy) is 1. The number of hydrogen-bond acceptors (Lipinski definition) is 6. The molecule has 190 valence electrons. The van der Waals surface area contributed by atoms with Crippen LogP contribution >= 0.6 is 0 Å². The lowest BCUT2D eigenvalue weighted by atomic mass is 10.1. The first-order valence-electron chi connectivity index (χ1n) is 10.8. The number of benzene rings is 2. The van der Waals surface area contributed by atoms with Gasteiger partial charge in [0.05, 0.1) is 23.6 Å². The smallest absolute Gasteiger partial charge is 0.370 e. The molecular formula is C23H27F3N4O4S. The molecule has 2 aromatic carbocycles. The van der Waals surface area contributed by atoms with Crippen molar-refractivity contribution in [3.63, 3.8) is 0 Å². The molecule has 0 spiro atoms. The highest BCUT2D eigenvalue weighted by Gasteiger charge is 2.32. The Hall–Kier alpha value is -2.96. The Morgan fingerprint density at radius 1 is 1.14 bits per heavy atom. The van der Waals surface area contributed by atoms with Crippen LogP contribution in [-0.2, 0) is 32.3 Å². The molecule has 1 aliphatic heterocycles. The van der Waals surface area contributed by atoms with Gasteiger partial charge < -0.3 is 15.0 Å². The number of nitrogens with zero attached hydrogens (tertiary/aromatic N) is 3. The highest BCUT2D eigenvalue weighted by molar-refractivity contribution is 7.89. The molecule has 0 saturated carbocycles. The van der Waals surface area contributed by atoms with Gasteiger partial charge in [-0.05, 0) is 23.8 Å². The molecule has 1 heterocycles. The van der Waals surface area contributed by atoms with Crippen molar-refractivity contribution in [1.29, 1.82) is 0 Å². The second-order valence-electron chi connectivity index (χ2n) is 8.01. The molecule has 0 fully saturated rings. The Morgan fingerprint density at radius 2 is 1.86 bits per heavy atom. The number of carbonyl (C=O) groups is 1. The third-order valence-electron chi connectivity index (χ3n) is 5.39. The number of carbonyl (C=O) groups excluding carboxylic acids is 1. The van der Waals surface area contributed by atoms with Gasteiger partial charge in [-0.25, -0.2) is 8.42 Å². The van der Waals surface area contributed by atoms with Crippen molar-refractivity contribution in [2.45, 2.75) is 17.6 Å². The summed E-state index contributed by atoms with van der Waals surface area (Å²) >= 11 is 0. The Bertz CT molecular complexity index is 1170. The minimum atomic E-state index is -4.65. The lowest BCUT2D eigenvalue weighted by molar-refractivity contribution is -0.137. The van der Waals surface area contributed by atoms with E-state index in [1.807, 2.05) is 24.3 Å². The minimum absolute atomic E-state index is 0.0991. The van der Waals surface area contributed by atoms with E-state index >= 15 is 0 Å². The van der Waals surface area contributed by atoms with Gasteiger partial charge in [-0.2, -0.15) is 17.5 Å². The lowest BCUT2D eigenvalue weighted by Gasteiger charge is -2.20. The largest absolute Gasteiger partial charge is 0.416 e. The molecule has 0 radical (unpaired) electrons. The van der Waals surface area contributed by atoms with Gasteiger partial charge in [-0.1, -0.05) is 30.3 Å². The van der Waals surface area contributed by atoms with Gasteiger partial charge in [0, 0.05) is 39.3 Å². The Balaban J connectivity index is 1.45. The number of amidine groups is 1. The van der Waals surface area contributed by atoms with Crippen LogP contribution in [0.4, 0.5) is 13.2 Å². The van der Waals surface area contributed by atoms with Gasteiger partial charge in [-0.15, -0.1) is 0 Å². The molecule has 0 saturated heterocycles. The van der Waals surface area contributed by atoms with Crippen LogP contribution in [0.3, 0.4) is 0 Å². The van der Waals surface area contributed by atoms with E-state index in [-0.39, 0.29) is 25.7 Å². The fourth-order valence-corrected chi connectivity index (χ4v) is 4.52. The van der Waals surface area contributed by atoms with Crippen LogP contribution < -0.4 is 5.32 Å². The standard InChI is InChI=1S/C23H27F3N4O4S/c1-29(15-17-6-8-18(9-7-17)22-27-10-11-28-22)21(31)16-34-13-12-30(2)35(32,33)20-5-3-4-19(14-20)23(24,25)26/h3-9,14H,10-13,15-16H2,1-2H3,(H,27,28). The topological polar surface area (TPSA) is 91.3 Å². The summed E-state index contributed by atoms with van der Waals surface area (Å²) in [6.45, 7) is 1.45. The number of nitrogens with one attached hydrogen (secondary N) is 1. The van der Waals surface area contributed by atoms with Crippen LogP contribution in [0.5, 0.6) is 0 Å². The summed E-state index contributed by atoms with van der Waals surface area (Å²) in [5, 5.41) is 3.20. The summed E-state index contributed by atoms with van der Waals surface area (Å²) in [4.78, 5) is 17.7. The van der Waals surface area contributed by atoms with Gasteiger partial charge in [0.15, 0.2) is 0 Å². The van der Waals surface area contributed by atoms with E-state index in [1.54, 1.807) is 7.05 Å². The molecule has 0 aliphatic carbocycles. The SMILES string of the molecule is CN(Cc1ccc(C2=NCCN2)cc1)C(=O)COCCN(C)S(=O)(=O)c1cccc(C(F)(F)F)c1. The van der Waals surface area contributed by atoms with E-state index < -0.39 is 26.7 Å². The quantitative estimate of drug-likeness (QED) is 0.494. The fraction of sp³-hybridized carbons (Fsp3) is 0.391. The first-order valence-corrected chi connectivity index (χ1v) is 12.3. The van der Waals surface area contributed by atoms with Gasteiger partial charge in [0.2, 0.25) is 15.9 Å². The number of likely N-dealkylation sites (N-methyl/N-ethyl adjacent to an activating group) is 2. The van der Waals surface area contributed by atoms with Gasteiger partial charge in [0.25, 0.3) is 0 Å². The molecule has 8 nitrogen and oxygen atoms in total. The fourth-order valence-electron chi connectivity index (χ4n) is 3.32. The second-order valence-corrected chi connectivity index (χ2v) is 10.1. The van der Waals surface area contributed by atoms with E-state index in [9.17, 15) is 26.4 Å². The third kappa shape index (κ3) is 7.03. The Labute approximate surface area is 202 Å². The Morgan fingerprint density at radius 3 is 2.49 bits per heavy atom. The summed E-state index contributed by atoms with van der Waals surface area (Å²) < 4.78 is 70.0. The second kappa shape index (κ2) is 11.2. The van der Waals surface area contributed by atoms with E-state index in [4.69, 9.17) is 4.74 Å². The molecule has 1 amide bonds. The third-order valence-corrected chi connectivity index (χ3v) is 7.25. The van der Waals surface area contributed by atoms with E-state index in [0.29, 0.717) is 12.6 Å². The summed E-state index contributed by atoms with van der Waals surface area (Å²) in [6, 6.07) is 11.2. The number of aliphatic imine (C=N–C) groups is 1. The van der Waals surface area contributed by atoms with Crippen molar-refractivity contribution in [2.24, 2.45) is 4.99 Å². The normalized spacial score (nSPS) is 14.1. The summed E-state index contributed by atoms with van der Waals surface area (Å²) in [6.07, 6.45) is -4.65. The monoisotopic (exact) mass is 512 g/mol. The molecule has 0 atom stereocenters. The first-order chi connectivity index (χ1) is 16.5. The van der Waals surface area contributed by atoms with Gasteiger partial charge in [-0.3, -0.25) is 9.79 Å². The predicted octanol–water partition coefficient (Wildman–Crippen LogP) is 2.35. The van der Waals surface area contributed by atoms with Crippen LogP contribution in [0.1, 0.15) is 16.7 Å². The zero-order valence-electron chi connectivity index (χ0n) is 19.4. The van der Waals surface area contributed by atoms with E-state index in [2.05, 4.69) is 10.3 Å². The maximum atomic E-state index is 12.9. The summed E-state index contributed by atoms with van der Waals surface area (Å²) in [7, 11) is -1.27. The van der Waals surface area contributed by atoms with Crippen LogP contribution in [0.25, 0.3) is 0 Å². The average molecular weight is 513 g/mol. The molecule has 35 heavy (non-hydrogen) atoms. The number of amides is 1. The van der Waals surface area contributed by atoms with Crippen LogP contribution in [0.2, 0.25) is 0 Å².